The highest BCUT2D eigenvalue weighted by Gasteiger charge is 2.16. The smallest absolute Gasteiger partial charge is 0.336 e. The largest absolute Gasteiger partial charge is 0.478 e. The monoisotopic (exact) mass is 265 g/mol. The Labute approximate surface area is 114 Å². The molecule has 0 amide bonds. The molecule has 0 saturated heterocycles. The Morgan fingerprint density at radius 3 is 1.75 bits per heavy atom. The molecular formula is C16H11NO3. The van der Waals surface area contributed by atoms with Crippen LogP contribution in [-0.4, -0.2) is 22.5 Å². The summed E-state index contributed by atoms with van der Waals surface area (Å²) in [6.45, 7) is 0. The van der Waals surface area contributed by atoms with E-state index in [1.54, 1.807) is 24.3 Å². The minimum Gasteiger partial charge on any atom is -0.478 e. The summed E-state index contributed by atoms with van der Waals surface area (Å²) in [6.07, 6.45) is 1.34. The Morgan fingerprint density at radius 2 is 1.35 bits per heavy atom. The second kappa shape index (κ2) is 4.66. The summed E-state index contributed by atoms with van der Waals surface area (Å²) in [6, 6.07) is 14.4. The van der Waals surface area contributed by atoms with E-state index in [4.69, 9.17) is 5.21 Å². The standard InChI is InChI=1S/C16H11NO3/c18-16(19)15-12-7-3-1-5-10(12)14(9-17-20)11-6-2-4-8-13(11)15/h1-9,20H,(H,18,19)/b17-9-. The van der Waals surface area contributed by atoms with Gasteiger partial charge in [-0.1, -0.05) is 53.7 Å². The minimum absolute atomic E-state index is 0.270. The minimum atomic E-state index is -0.968. The van der Waals surface area contributed by atoms with E-state index in [9.17, 15) is 9.90 Å². The van der Waals surface area contributed by atoms with Gasteiger partial charge < -0.3 is 10.3 Å². The predicted molar refractivity (Wildman–Crippen MR) is 77.8 cm³/mol. The third kappa shape index (κ3) is 1.70. The van der Waals surface area contributed by atoms with Gasteiger partial charge in [-0.15, -0.1) is 0 Å². The number of aromatic carboxylic acids is 1. The molecule has 4 heteroatoms. The lowest BCUT2D eigenvalue weighted by atomic mass is 9.92. The van der Waals surface area contributed by atoms with Crippen molar-refractivity contribution >= 4 is 33.7 Å². The molecule has 3 aromatic carbocycles. The maximum absolute atomic E-state index is 11.6. The Kier molecular flexibility index (Phi) is 2.84. The average Bonchev–Trinajstić information content (AvgIpc) is 2.47. The van der Waals surface area contributed by atoms with E-state index in [2.05, 4.69) is 5.16 Å². The molecule has 0 bridgehead atoms. The van der Waals surface area contributed by atoms with Gasteiger partial charge in [-0.3, -0.25) is 0 Å². The molecule has 0 fully saturated rings. The highest BCUT2D eigenvalue weighted by atomic mass is 16.4. The van der Waals surface area contributed by atoms with Crippen molar-refractivity contribution in [1.29, 1.82) is 0 Å². The molecule has 98 valence electrons. The van der Waals surface area contributed by atoms with E-state index < -0.39 is 5.97 Å². The predicted octanol–water partition coefficient (Wildman–Crippen LogP) is 3.50. The normalized spacial score (nSPS) is 11.4. The maximum Gasteiger partial charge on any atom is 0.336 e. The molecule has 0 unspecified atom stereocenters. The maximum atomic E-state index is 11.6. The molecule has 3 aromatic rings. The number of carboxylic acids is 1. The van der Waals surface area contributed by atoms with Crippen LogP contribution in [0.5, 0.6) is 0 Å². The molecule has 2 N–H and O–H groups in total. The van der Waals surface area contributed by atoms with Crippen LogP contribution in [0, 0.1) is 0 Å². The molecule has 4 nitrogen and oxygen atoms in total. The van der Waals surface area contributed by atoms with Crippen LogP contribution >= 0.6 is 0 Å². The van der Waals surface area contributed by atoms with E-state index in [1.807, 2.05) is 24.3 Å². The van der Waals surface area contributed by atoms with E-state index in [-0.39, 0.29) is 5.56 Å². The third-order valence-corrected chi connectivity index (χ3v) is 3.37. The number of fused-ring (bicyclic) bond motifs is 2. The SMILES string of the molecule is O=C(O)c1c2ccccc2c(/C=N\O)c2ccccc12. The molecule has 0 atom stereocenters. The van der Waals surface area contributed by atoms with Crippen LogP contribution in [0.4, 0.5) is 0 Å². The Hall–Kier alpha value is -2.88. The van der Waals surface area contributed by atoms with Crippen LogP contribution in [0.3, 0.4) is 0 Å². The average molecular weight is 265 g/mol. The summed E-state index contributed by atoms with van der Waals surface area (Å²) in [5.41, 5.74) is 0.981. The summed E-state index contributed by atoms with van der Waals surface area (Å²) in [5.74, 6) is -0.968. The van der Waals surface area contributed by atoms with Gasteiger partial charge in [-0.25, -0.2) is 4.79 Å². The Balaban J connectivity index is 2.65. The van der Waals surface area contributed by atoms with Gasteiger partial charge in [-0.05, 0) is 21.5 Å². The summed E-state index contributed by atoms with van der Waals surface area (Å²) >= 11 is 0. The molecule has 0 heterocycles. The van der Waals surface area contributed by atoms with Crippen LogP contribution < -0.4 is 0 Å². The quantitative estimate of drug-likeness (QED) is 0.322. The zero-order valence-corrected chi connectivity index (χ0v) is 10.4. The number of carbonyl (C=O) groups is 1. The first-order valence-corrected chi connectivity index (χ1v) is 6.08. The molecule has 0 spiro atoms. The van der Waals surface area contributed by atoms with Gasteiger partial charge in [0.2, 0.25) is 0 Å². The number of nitrogens with zero attached hydrogens (tertiary/aromatic N) is 1. The molecule has 0 aromatic heterocycles. The number of benzene rings is 3. The number of hydrogen-bond acceptors (Lipinski definition) is 3. The first-order valence-electron chi connectivity index (χ1n) is 6.08. The van der Waals surface area contributed by atoms with Crippen LogP contribution in [0.1, 0.15) is 15.9 Å². The fourth-order valence-electron chi connectivity index (χ4n) is 2.59. The van der Waals surface area contributed by atoms with Gasteiger partial charge in [-0.2, -0.15) is 0 Å². The highest BCUT2D eigenvalue weighted by Crippen LogP contribution is 2.32. The summed E-state index contributed by atoms with van der Waals surface area (Å²) in [4.78, 5) is 11.6. The number of carboxylic acid groups (broad SMARTS) is 1. The van der Waals surface area contributed by atoms with Gasteiger partial charge in [0, 0.05) is 5.56 Å². The fourth-order valence-corrected chi connectivity index (χ4v) is 2.59. The summed E-state index contributed by atoms with van der Waals surface area (Å²) < 4.78 is 0. The van der Waals surface area contributed by atoms with Gasteiger partial charge in [0.15, 0.2) is 0 Å². The first kappa shape index (κ1) is 12.2. The summed E-state index contributed by atoms with van der Waals surface area (Å²) in [5, 5.41) is 24.3. The number of rotatable bonds is 2. The van der Waals surface area contributed by atoms with Gasteiger partial charge in [0.05, 0.1) is 11.8 Å². The van der Waals surface area contributed by atoms with Gasteiger partial charge >= 0.3 is 5.97 Å². The Morgan fingerprint density at radius 1 is 0.900 bits per heavy atom. The van der Waals surface area contributed by atoms with Crippen molar-refractivity contribution in [2.75, 3.05) is 0 Å². The first-order chi connectivity index (χ1) is 9.74. The third-order valence-electron chi connectivity index (χ3n) is 3.37. The summed E-state index contributed by atoms with van der Waals surface area (Å²) in [7, 11) is 0. The second-order valence-corrected chi connectivity index (χ2v) is 4.43. The van der Waals surface area contributed by atoms with Crippen molar-refractivity contribution < 1.29 is 15.1 Å². The van der Waals surface area contributed by atoms with Gasteiger partial charge in [0.1, 0.15) is 0 Å². The topological polar surface area (TPSA) is 69.9 Å². The number of hydrogen-bond donors (Lipinski definition) is 2. The lowest BCUT2D eigenvalue weighted by molar-refractivity contribution is 0.0701. The van der Waals surface area contributed by atoms with Crippen molar-refractivity contribution in [3.05, 3.63) is 59.7 Å². The fraction of sp³-hybridized carbons (Fsp3) is 0. The molecule has 0 saturated carbocycles. The molecule has 3 rings (SSSR count). The van der Waals surface area contributed by atoms with Crippen LogP contribution in [-0.2, 0) is 0 Å². The van der Waals surface area contributed by atoms with Crippen LogP contribution in [0.25, 0.3) is 21.5 Å². The van der Waals surface area contributed by atoms with E-state index in [0.29, 0.717) is 16.3 Å². The van der Waals surface area contributed by atoms with Crippen molar-refractivity contribution in [2.24, 2.45) is 5.16 Å². The molecule has 20 heavy (non-hydrogen) atoms. The van der Waals surface area contributed by atoms with Crippen molar-refractivity contribution in [3.63, 3.8) is 0 Å². The van der Waals surface area contributed by atoms with Crippen molar-refractivity contribution in [2.45, 2.75) is 0 Å². The van der Waals surface area contributed by atoms with E-state index in [1.165, 1.54) is 6.21 Å². The second-order valence-electron chi connectivity index (χ2n) is 4.43. The molecular weight excluding hydrogens is 254 g/mol. The van der Waals surface area contributed by atoms with E-state index >= 15 is 0 Å². The highest BCUT2D eigenvalue weighted by molar-refractivity contribution is 6.22. The zero-order valence-electron chi connectivity index (χ0n) is 10.4. The molecule has 0 aliphatic carbocycles. The molecule has 0 aliphatic rings. The molecule has 0 radical (unpaired) electrons. The Bertz CT molecular complexity index is 796. The van der Waals surface area contributed by atoms with Crippen molar-refractivity contribution in [1.82, 2.24) is 0 Å². The molecule has 0 aliphatic heterocycles. The number of oxime groups is 1. The van der Waals surface area contributed by atoms with Crippen LogP contribution in [0.2, 0.25) is 0 Å². The van der Waals surface area contributed by atoms with Crippen LogP contribution in [0.15, 0.2) is 53.7 Å². The van der Waals surface area contributed by atoms with E-state index in [0.717, 1.165) is 10.8 Å². The van der Waals surface area contributed by atoms with Crippen molar-refractivity contribution in [3.8, 4) is 0 Å². The zero-order chi connectivity index (χ0) is 14.1. The lowest BCUT2D eigenvalue weighted by Crippen LogP contribution is -2.01. The van der Waals surface area contributed by atoms with Gasteiger partial charge in [0.25, 0.3) is 0 Å². The lowest BCUT2D eigenvalue weighted by Gasteiger charge is -2.11.